The molecule has 0 atom stereocenters. The molecular weight excluding hydrogens is 156 g/mol. The van der Waals surface area contributed by atoms with Crippen LogP contribution in [-0.4, -0.2) is 24.9 Å². The van der Waals surface area contributed by atoms with Gasteiger partial charge in [0.15, 0.2) is 0 Å². The van der Waals surface area contributed by atoms with E-state index in [2.05, 4.69) is 22.5 Å². The summed E-state index contributed by atoms with van der Waals surface area (Å²) in [4.78, 5) is 21.2. The molecule has 0 aliphatic carbocycles. The SMILES string of the molecule is CC#CCNC(=O)CNC(C)=O. The summed E-state index contributed by atoms with van der Waals surface area (Å²) in [6.07, 6.45) is 0. The van der Waals surface area contributed by atoms with Gasteiger partial charge in [0, 0.05) is 6.92 Å². The highest BCUT2D eigenvalue weighted by atomic mass is 16.2. The third-order valence-electron chi connectivity index (χ3n) is 1.05. The first kappa shape index (κ1) is 10.5. The fourth-order valence-corrected chi connectivity index (χ4v) is 0.498. The molecule has 0 heterocycles. The van der Waals surface area contributed by atoms with E-state index in [0.29, 0.717) is 6.54 Å². The molecule has 0 saturated heterocycles. The lowest BCUT2D eigenvalue weighted by molar-refractivity contribution is -0.124. The van der Waals surface area contributed by atoms with Crippen molar-refractivity contribution >= 4 is 11.8 Å². The Bertz CT molecular complexity index is 225. The van der Waals surface area contributed by atoms with Gasteiger partial charge in [-0.1, -0.05) is 5.92 Å². The van der Waals surface area contributed by atoms with Gasteiger partial charge in [0.1, 0.15) is 0 Å². The van der Waals surface area contributed by atoms with Crippen molar-refractivity contribution in [2.75, 3.05) is 13.1 Å². The lowest BCUT2D eigenvalue weighted by atomic mass is 10.5. The van der Waals surface area contributed by atoms with E-state index < -0.39 is 0 Å². The van der Waals surface area contributed by atoms with Gasteiger partial charge in [-0.2, -0.15) is 0 Å². The maximum Gasteiger partial charge on any atom is 0.240 e. The number of hydrogen-bond donors (Lipinski definition) is 2. The number of amides is 2. The number of nitrogens with one attached hydrogen (secondary N) is 2. The predicted octanol–water partition coefficient (Wildman–Crippen LogP) is -0.738. The Morgan fingerprint density at radius 2 is 2.00 bits per heavy atom. The molecule has 0 aliphatic rings. The van der Waals surface area contributed by atoms with Crippen molar-refractivity contribution in [1.82, 2.24) is 10.6 Å². The van der Waals surface area contributed by atoms with Crippen molar-refractivity contribution < 1.29 is 9.59 Å². The number of carbonyl (C=O) groups excluding carboxylic acids is 2. The molecule has 0 aromatic heterocycles. The second-order valence-electron chi connectivity index (χ2n) is 2.11. The lowest BCUT2D eigenvalue weighted by Crippen LogP contribution is -2.35. The molecule has 66 valence electrons. The van der Waals surface area contributed by atoms with Crippen LogP contribution in [-0.2, 0) is 9.59 Å². The van der Waals surface area contributed by atoms with Gasteiger partial charge >= 0.3 is 0 Å². The molecule has 4 heteroatoms. The van der Waals surface area contributed by atoms with Gasteiger partial charge in [0.05, 0.1) is 13.1 Å². The molecule has 2 amide bonds. The molecule has 0 fully saturated rings. The molecular formula is C8H12N2O2. The molecule has 0 aliphatic heterocycles. The molecule has 0 aromatic rings. The largest absolute Gasteiger partial charge is 0.347 e. The van der Waals surface area contributed by atoms with Crippen molar-refractivity contribution in [1.29, 1.82) is 0 Å². The van der Waals surface area contributed by atoms with Gasteiger partial charge in [-0.3, -0.25) is 9.59 Å². The molecule has 0 radical (unpaired) electrons. The van der Waals surface area contributed by atoms with Gasteiger partial charge in [-0.05, 0) is 6.92 Å². The minimum absolute atomic E-state index is 0.0146. The standard InChI is InChI=1S/C8H12N2O2/c1-3-4-5-9-8(12)6-10-7(2)11/h5-6H2,1-2H3,(H,9,12)(H,10,11). The highest BCUT2D eigenvalue weighted by molar-refractivity contribution is 5.83. The third kappa shape index (κ3) is 6.62. The van der Waals surface area contributed by atoms with Crippen LogP contribution in [0.2, 0.25) is 0 Å². The van der Waals surface area contributed by atoms with Crippen LogP contribution < -0.4 is 10.6 Å². The van der Waals surface area contributed by atoms with Crippen LogP contribution in [0.15, 0.2) is 0 Å². The zero-order valence-electron chi connectivity index (χ0n) is 7.23. The van der Waals surface area contributed by atoms with Crippen molar-refractivity contribution in [3.8, 4) is 11.8 Å². The fraction of sp³-hybridized carbons (Fsp3) is 0.500. The van der Waals surface area contributed by atoms with Crippen LogP contribution in [0, 0.1) is 11.8 Å². The minimum atomic E-state index is -0.229. The highest BCUT2D eigenvalue weighted by Gasteiger charge is 1.98. The molecule has 0 saturated carbocycles. The Hall–Kier alpha value is -1.50. The van der Waals surface area contributed by atoms with Crippen molar-refractivity contribution in [2.45, 2.75) is 13.8 Å². The maximum atomic E-state index is 10.8. The summed E-state index contributed by atoms with van der Waals surface area (Å²) in [5.41, 5.74) is 0. The lowest BCUT2D eigenvalue weighted by Gasteiger charge is -2.00. The van der Waals surface area contributed by atoms with Gasteiger partial charge in [0.25, 0.3) is 0 Å². The van der Waals surface area contributed by atoms with E-state index in [1.165, 1.54) is 6.92 Å². The van der Waals surface area contributed by atoms with E-state index in [-0.39, 0.29) is 18.4 Å². The van der Waals surface area contributed by atoms with Crippen LogP contribution >= 0.6 is 0 Å². The van der Waals surface area contributed by atoms with Crippen molar-refractivity contribution in [3.05, 3.63) is 0 Å². The Kier molecular flexibility index (Phi) is 5.45. The second kappa shape index (κ2) is 6.23. The van der Waals surface area contributed by atoms with Crippen LogP contribution in [0.5, 0.6) is 0 Å². The Labute approximate surface area is 71.7 Å². The highest BCUT2D eigenvalue weighted by Crippen LogP contribution is 1.64. The average Bonchev–Trinajstić information content (AvgIpc) is 2.01. The number of hydrogen-bond acceptors (Lipinski definition) is 2. The van der Waals surface area contributed by atoms with Crippen LogP contribution in [0.1, 0.15) is 13.8 Å². The number of rotatable bonds is 3. The van der Waals surface area contributed by atoms with Gasteiger partial charge in [0.2, 0.25) is 11.8 Å². The molecule has 4 nitrogen and oxygen atoms in total. The summed E-state index contributed by atoms with van der Waals surface area (Å²) < 4.78 is 0. The summed E-state index contributed by atoms with van der Waals surface area (Å²) >= 11 is 0. The van der Waals surface area contributed by atoms with Crippen LogP contribution in [0.3, 0.4) is 0 Å². The quantitative estimate of drug-likeness (QED) is 0.545. The molecule has 0 bridgehead atoms. The van der Waals surface area contributed by atoms with Gasteiger partial charge in [-0.15, -0.1) is 5.92 Å². The van der Waals surface area contributed by atoms with Crippen molar-refractivity contribution in [3.63, 3.8) is 0 Å². The first-order valence-corrected chi connectivity index (χ1v) is 3.57. The van der Waals surface area contributed by atoms with Crippen LogP contribution in [0.4, 0.5) is 0 Å². The molecule has 12 heavy (non-hydrogen) atoms. The summed E-state index contributed by atoms with van der Waals surface area (Å²) in [5, 5.41) is 4.88. The second-order valence-corrected chi connectivity index (χ2v) is 2.11. The molecule has 0 spiro atoms. The fourth-order valence-electron chi connectivity index (χ4n) is 0.498. The predicted molar refractivity (Wildman–Crippen MR) is 45.1 cm³/mol. The van der Waals surface area contributed by atoms with E-state index in [0.717, 1.165) is 0 Å². The molecule has 2 N–H and O–H groups in total. The maximum absolute atomic E-state index is 10.8. The molecule has 0 unspecified atom stereocenters. The van der Waals surface area contributed by atoms with Crippen molar-refractivity contribution in [2.24, 2.45) is 0 Å². The summed E-state index contributed by atoms with van der Waals surface area (Å²) in [7, 11) is 0. The summed E-state index contributed by atoms with van der Waals surface area (Å²) in [6.45, 7) is 3.40. The average molecular weight is 168 g/mol. The Morgan fingerprint density at radius 3 is 2.50 bits per heavy atom. The van der Waals surface area contributed by atoms with E-state index in [1.54, 1.807) is 6.92 Å². The van der Waals surface area contributed by atoms with E-state index in [1.807, 2.05) is 0 Å². The third-order valence-corrected chi connectivity index (χ3v) is 1.05. The van der Waals surface area contributed by atoms with Crippen LogP contribution in [0.25, 0.3) is 0 Å². The van der Waals surface area contributed by atoms with E-state index in [9.17, 15) is 9.59 Å². The first-order chi connectivity index (χ1) is 5.66. The molecule has 0 rings (SSSR count). The first-order valence-electron chi connectivity index (χ1n) is 3.57. The monoisotopic (exact) mass is 168 g/mol. The Balaban J connectivity index is 3.44. The normalized spacial score (nSPS) is 7.83. The zero-order valence-corrected chi connectivity index (χ0v) is 7.23. The summed E-state index contributed by atoms with van der Waals surface area (Å²) in [6, 6.07) is 0. The molecule has 0 aromatic carbocycles. The van der Waals surface area contributed by atoms with E-state index >= 15 is 0 Å². The van der Waals surface area contributed by atoms with Gasteiger partial charge in [-0.25, -0.2) is 0 Å². The smallest absolute Gasteiger partial charge is 0.240 e. The summed E-state index contributed by atoms with van der Waals surface area (Å²) in [5.74, 6) is 4.86. The van der Waals surface area contributed by atoms with E-state index in [4.69, 9.17) is 0 Å². The minimum Gasteiger partial charge on any atom is -0.347 e. The number of carbonyl (C=O) groups is 2. The zero-order chi connectivity index (χ0) is 9.40. The Morgan fingerprint density at radius 1 is 1.33 bits per heavy atom. The topological polar surface area (TPSA) is 58.2 Å². The van der Waals surface area contributed by atoms with Gasteiger partial charge < -0.3 is 10.6 Å².